The number of nitrogens with two attached hydrogens (primary N) is 1. The van der Waals surface area contributed by atoms with Crippen LogP contribution in [0.3, 0.4) is 0 Å². The average molecular weight is 140 g/mol. The fourth-order valence-corrected chi connectivity index (χ4v) is 0.562. The van der Waals surface area contributed by atoms with Gasteiger partial charge in [-0.3, -0.25) is 4.79 Å². The smallest absolute Gasteiger partial charge is 0.240 e. The standard InChI is InChI=1S/C6H8N2O2/c1-5(9)8(7)6-3-2-4-10-6/h2-4H,7H2,1H3. The van der Waals surface area contributed by atoms with Crippen molar-refractivity contribution in [3.8, 4) is 0 Å². The molecule has 4 nitrogen and oxygen atoms in total. The van der Waals surface area contributed by atoms with Crippen LogP contribution in [0.4, 0.5) is 5.88 Å². The third-order valence-corrected chi connectivity index (χ3v) is 1.08. The Morgan fingerprint density at radius 1 is 1.80 bits per heavy atom. The molecular weight excluding hydrogens is 132 g/mol. The maximum absolute atomic E-state index is 10.6. The summed E-state index contributed by atoms with van der Waals surface area (Å²) < 4.78 is 4.84. The molecule has 0 aliphatic rings. The van der Waals surface area contributed by atoms with Crippen LogP contribution in [0.25, 0.3) is 0 Å². The second-order valence-electron chi connectivity index (χ2n) is 1.84. The highest BCUT2D eigenvalue weighted by molar-refractivity contribution is 5.88. The molecule has 0 spiro atoms. The fraction of sp³-hybridized carbons (Fsp3) is 0.167. The van der Waals surface area contributed by atoms with E-state index in [1.54, 1.807) is 12.1 Å². The van der Waals surface area contributed by atoms with Gasteiger partial charge in [-0.25, -0.2) is 10.9 Å². The first-order chi connectivity index (χ1) is 4.72. The van der Waals surface area contributed by atoms with Crippen molar-refractivity contribution >= 4 is 11.8 Å². The van der Waals surface area contributed by atoms with Gasteiger partial charge in [0.05, 0.1) is 6.26 Å². The van der Waals surface area contributed by atoms with Gasteiger partial charge in [-0.2, -0.15) is 0 Å². The van der Waals surface area contributed by atoms with Gasteiger partial charge in [-0.1, -0.05) is 0 Å². The number of rotatable bonds is 1. The first kappa shape index (κ1) is 6.82. The minimum atomic E-state index is -0.255. The van der Waals surface area contributed by atoms with Gasteiger partial charge in [0.25, 0.3) is 0 Å². The Bertz CT molecular complexity index is 218. The molecule has 0 aromatic carbocycles. The topological polar surface area (TPSA) is 59.5 Å². The lowest BCUT2D eigenvalue weighted by molar-refractivity contribution is -0.116. The number of furan rings is 1. The molecule has 1 amide bonds. The van der Waals surface area contributed by atoms with Gasteiger partial charge in [0.2, 0.25) is 11.8 Å². The van der Waals surface area contributed by atoms with E-state index in [4.69, 9.17) is 10.3 Å². The largest absolute Gasteiger partial charge is 0.447 e. The highest BCUT2D eigenvalue weighted by Gasteiger charge is 2.06. The second-order valence-corrected chi connectivity index (χ2v) is 1.84. The molecule has 1 aromatic heterocycles. The summed E-state index contributed by atoms with van der Waals surface area (Å²) >= 11 is 0. The monoisotopic (exact) mass is 140 g/mol. The number of anilines is 1. The van der Waals surface area contributed by atoms with Crippen LogP contribution in [0.5, 0.6) is 0 Å². The Kier molecular flexibility index (Phi) is 1.73. The van der Waals surface area contributed by atoms with Crippen molar-refractivity contribution in [1.29, 1.82) is 0 Å². The quantitative estimate of drug-likeness (QED) is 0.351. The number of amides is 1. The van der Waals surface area contributed by atoms with Crippen LogP contribution in [0, 0.1) is 0 Å². The molecule has 0 fully saturated rings. The van der Waals surface area contributed by atoms with Crippen LogP contribution in [-0.2, 0) is 4.79 Å². The summed E-state index contributed by atoms with van der Waals surface area (Å²) in [5.74, 6) is 5.37. The molecule has 0 aliphatic carbocycles. The van der Waals surface area contributed by atoms with E-state index in [1.807, 2.05) is 0 Å². The van der Waals surface area contributed by atoms with Crippen LogP contribution >= 0.6 is 0 Å². The van der Waals surface area contributed by atoms with Gasteiger partial charge in [0, 0.05) is 13.0 Å². The Morgan fingerprint density at radius 2 is 2.50 bits per heavy atom. The van der Waals surface area contributed by atoms with Gasteiger partial charge in [0.1, 0.15) is 0 Å². The molecule has 0 saturated heterocycles. The summed E-state index contributed by atoms with van der Waals surface area (Å²) in [6, 6.07) is 3.28. The fourth-order valence-electron chi connectivity index (χ4n) is 0.562. The molecule has 0 unspecified atom stereocenters. The van der Waals surface area contributed by atoms with Crippen molar-refractivity contribution in [3.63, 3.8) is 0 Å². The van der Waals surface area contributed by atoms with Crippen molar-refractivity contribution < 1.29 is 9.21 Å². The third kappa shape index (κ3) is 1.16. The number of carbonyl (C=O) groups excluding carboxylic acids is 1. The van der Waals surface area contributed by atoms with Gasteiger partial charge in [0.15, 0.2) is 0 Å². The van der Waals surface area contributed by atoms with Crippen molar-refractivity contribution in [1.82, 2.24) is 0 Å². The molecular formula is C6H8N2O2. The van der Waals surface area contributed by atoms with E-state index in [2.05, 4.69) is 0 Å². The second kappa shape index (κ2) is 2.53. The maximum atomic E-state index is 10.6. The Balaban J connectivity index is 2.77. The van der Waals surface area contributed by atoms with Crippen LogP contribution in [0.2, 0.25) is 0 Å². The highest BCUT2D eigenvalue weighted by atomic mass is 16.4. The number of nitrogens with zero attached hydrogens (tertiary/aromatic N) is 1. The van der Waals surface area contributed by atoms with Gasteiger partial charge in [-0.15, -0.1) is 0 Å². The summed E-state index contributed by atoms with van der Waals surface area (Å²) in [5.41, 5.74) is 0. The minimum Gasteiger partial charge on any atom is -0.447 e. The van der Waals surface area contributed by atoms with E-state index in [0.29, 0.717) is 5.88 Å². The molecule has 1 heterocycles. The van der Waals surface area contributed by atoms with E-state index in [-0.39, 0.29) is 5.91 Å². The highest BCUT2D eigenvalue weighted by Crippen LogP contribution is 2.09. The first-order valence-corrected chi connectivity index (χ1v) is 2.80. The number of hydrogen-bond donors (Lipinski definition) is 1. The third-order valence-electron chi connectivity index (χ3n) is 1.08. The van der Waals surface area contributed by atoms with E-state index >= 15 is 0 Å². The van der Waals surface area contributed by atoms with Gasteiger partial charge in [-0.05, 0) is 6.07 Å². The van der Waals surface area contributed by atoms with Crippen molar-refractivity contribution in [2.24, 2.45) is 5.84 Å². The normalized spacial score (nSPS) is 9.40. The number of carbonyl (C=O) groups is 1. The summed E-state index contributed by atoms with van der Waals surface area (Å²) in [6.07, 6.45) is 1.46. The number of hydrazine groups is 1. The van der Waals surface area contributed by atoms with Crippen molar-refractivity contribution in [2.75, 3.05) is 5.01 Å². The zero-order chi connectivity index (χ0) is 7.56. The van der Waals surface area contributed by atoms with Crippen molar-refractivity contribution in [3.05, 3.63) is 18.4 Å². The minimum absolute atomic E-state index is 0.255. The Hall–Kier alpha value is -1.29. The SMILES string of the molecule is CC(=O)N(N)c1ccco1. The summed E-state index contributed by atoms with van der Waals surface area (Å²) in [4.78, 5) is 10.6. The first-order valence-electron chi connectivity index (χ1n) is 2.80. The zero-order valence-corrected chi connectivity index (χ0v) is 5.57. The van der Waals surface area contributed by atoms with Crippen LogP contribution in [0.1, 0.15) is 6.92 Å². The molecule has 0 bridgehead atoms. The molecule has 1 rings (SSSR count). The Morgan fingerprint density at radius 3 is 2.90 bits per heavy atom. The molecule has 0 radical (unpaired) electrons. The van der Waals surface area contributed by atoms with Crippen molar-refractivity contribution in [2.45, 2.75) is 6.92 Å². The lowest BCUT2D eigenvalue weighted by Crippen LogP contribution is -2.34. The Labute approximate surface area is 58.2 Å². The lowest BCUT2D eigenvalue weighted by atomic mass is 10.6. The maximum Gasteiger partial charge on any atom is 0.240 e. The van der Waals surface area contributed by atoms with Gasteiger partial charge >= 0.3 is 0 Å². The van der Waals surface area contributed by atoms with E-state index in [1.165, 1.54) is 13.2 Å². The molecule has 1 aromatic rings. The van der Waals surface area contributed by atoms with Crippen LogP contribution < -0.4 is 10.9 Å². The van der Waals surface area contributed by atoms with Crippen LogP contribution in [0.15, 0.2) is 22.8 Å². The van der Waals surface area contributed by atoms with Gasteiger partial charge < -0.3 is 4.42 Å². The van der Waals surface area contributed by atoms with E-state index < -0.39 is 0 Å². The molecule has 54 valence electrons. The zero-order valence-electron chi connectivity index (χ0n) is 5.57. The summed E-state index contributed by atoms with van der Waals surface area (Å²) in [7, 11) is 0. The number of hydrogen-bond acceptors (Lipinski definition) is 3. The molecule has 10 heavy (non-hydrogen) atoms. The lowest BCUT2D eigenvalue weighted by Gasteiger charge is -2.08. The van der Waals surface area contributed by atoms with E-state index in [9.17, 15) is 4.79 Å². The molecule has 0 atom stereocenters. The summed E-state index contributed by atoms with van der Waals surface area (Å²) in [5, 5.41) is 0.944. The summed E-state index contributed by atoms with van der Waals surface area (Å²) in [6.45, 7) is 1.36. The molecule has 0 saturated carbocycles. The molecule has 4 heteroatoms. The predicted octanol–water partition coefficient (Wildman–Crippen LogP) is 0.506. The molecule has 2 N–H and O–H groups in total. The van der Waals surface area contributed by atoms with E-state index in [0.717, 1.165) is 5.01 Å². The molecule has 0 aliphatic heterocycles. The van der Waals surface area contributed by atoms with Crippen LogP contribution in [-0.4, -0.2) is 5.91 Å². The average Bonchev–Trinajstić information content (AvgIpc) is 2.36. The predicted molar refractivity (Wildman–Crippen MR) is 36.1 cm³/mol.